The molecule has 2 heterocycles. The summed E-state index contributed by atoms with van der Waals surface area (Å²) < 4.78 is 21.8. The number of allylic oxidation sites excluding steroid dienone is 3. The minimum atomic E-state index is -2.24. The molecule has 45 heavy (non-hydrogen) atoms. The minimum absolute atomic E-state index is 0. The third-order valence-electron chi connectivity index (χ3n) is 7.32. The molecule has 15 heteroatoms. The quantitative estimate of drug-likeness (QED) is 0.0241. The second kappa shape index (κ2) is 24.7. The molecule has 2 fully saturated rings. The van der Waals surface area contributed by atoms with Gasteiger partial charge in [0.15, 0.2) is 12.4 Å². The fraction of sp³-hybridized carbons (Fsp3) is 0.800. The molecule has 2 rings (SSSR count). The standard InChI is InChI=1S/C24H44O12.C6H8O2.K/c1-2-3-4-5-6-7-8-9-10-11-17(28)34-22-19(30)16(13-26)35-24(22,14-27)36-23-21(32)20(31)18(29)15(12-25)33-23;1-2-3-4-5-6(7)8;/h15-16,18-23,25-27,29-32H,2-14H2,1H3;2-5H,1H3,(H,7,8);/q;;+1/p-1/b;3-2+,5-4+;/t15-,16-,18-,19-,20+,21-,22+,23-,24+;;/m1../s1. The number of aliphatic hydroxyl groups is 7. The number of rotatable bonds is 18. The number of hydrogen-bond acceptors (Lipinski definition) is 14. The number of unbranched alkanes of at least 4 members (excludes halogenated alkanes) is 8. The van der Waals surface area contributed by atoms with E-state index in [1.807, 2.05) is 0 Å². The van der Waals surface area contributed by atoms with Crippen molar-refractivity contribution in [2.24, 2.45) is 0 Å². The van der Waals surface area contributed by atoms with Crippen molar-refractivity contribution < 1.29 is 121 Å². The molecule has 256 valence electrons. The zero-order valence-corrected chi connectivity index (χ0v) is 29.7. The van der Waals surface area contributed by atoms with E-state index in [1.54, 1.807) is 19.1 Å². The molecule has 0 radical (unpaired) electrons. The van der Waals surface area contributed by atoms with Crippen LogP contribution in [0, 0.1) is 0 Å². The van der Waals surface area contributed by atoms with Gasteiger partial charge in [0, 0.05) is 6.42 Å². The second-order valence-corrected chi connectivity index (χ2v) is 10.8. The largest absolute Gasteiger partial charge is 1.00 e. The first-order valence-corrected chi connectivity index (χ1v) is 15.3. The first-order chi connectivity index (χ1) is 21.0. The van der Waals surface area contributed by atoms with Crippen molar-refractivity contribution in [2.75, 3.05) is 19.8 Å². The Morgan fingerprint density at radius 3 is 1.91 bits per heavy atom. The van der Waals surface area contributed by atoms with Crippen LogP contribution in [0.4, 0.5) is 0 Å². The first-order valence-electron chi connectivity index (χ1n) is 15.3. The van der Waals surface area contributed by atoms with Crippen LogP contribution in [0.1, 0.15) is 78.1 Å². The Kier molecular flexibility index (Phi) is 24.6. The van der Waals surface area contributed by atoms with E-state index in [1.165, 1.54) is 31.8 Å². The van der Waals surface area contributed by atoms with E-state index in [0.717, 1.165) is 31.8 Å². The van der Waals surface area contributed by atoms with Gasteiger partial charge in [-0.15, -0.1) is 0 Å². The van der Waals surface area contributed by atoms with E-state index in [0.29, 0.717) is 6.42 Å². The van der Waals surface area contributed by atoms with E-state index in [2.05, 4.69) is 6.92 Å². The van der Waals surface area contributed by atoms with Crippen LogP contribution in [0.2, 0.25) is 0 Å². The molecule has 0 spiro atoms. The van der Waals surface area contributed by atoms with Gasteiger partial charge in [0.25, 0.3) is 0 Å². The number of ether oxygens (including phenoxy) is 4. The van der Waals surface area contributed by atoms with Crippen molar-refractivity contribution in [3.8, 4) is 0 Å². The van der Waals surface area contributed by atoms with E-state index < -0.39 is 86.6 Å². The Bertz CT molecular complexity index is 872. The predicted octanol–water partition coefficient (Wildman–Crippen LogP) is -4.05. The molecule has 2 saturated heterocycles. The monoisotopic (exact) mass is 674 g/mol. The zero-order valence-electron chi connectivity index (χ0n) is 26.6. The third-order valence-corrected chi connectivity index (χ3v) is 7.32. The summed E-state index contributed by atoms with van der Waals surface area (Å²) in [4.78, 5) is 22.2. The van der Waals surface area contributed by atoms with Crippen LogP contribution in [0.5, 0.6) is 0 Å². The normalized spacial score (nSPS) is 31.4. The van der Waals surface area contributed by atoms with Crippen LogP contribution in [-0.2, 0) is 28.5 Å². The summed E-state index contributed by atoms with van der Waals surface area (Å²) in [5.74, 6) is -4.07. The molecule has 0 unspecified atom stereocenters. The Labute approximate surface area is 307 Å². The molecule has 2 aliphatic rings. The van der Waals surface area contributed by atoms with E-state index in [9.17, 15) is 50.4 Å². The molecule has 9 atom stereocenters. The van der Waals surface area contributed by atoms with Crippen molar-refractivity contribution in [3.05, 3.63) is 24.3 Å². The molecular formula is C30H51KO14. The molecular weight excluding hydrogens is 623 g/mol. The molecule has 0 amide bonds. The SMILES string of the molecule is C/C=C/C=C/C(=O)[O-].CCCCCCCCCCCC(=O)O[C@H]1[C@H](O)[C@@H](CO)O[C@@]1(CO)O[C@H]1O[C@H](CO)[C@@H](O)[C@H](O)[C@H]1O.[K+]. The van der Waals surface area contributed by atoms with Gasteiger partial charge in [-0.3, -0.25) is 4.79 Å². The summed E-state index contributed by atoms with van der Waals surface area (Å²) in [7, 11) is 0. The summed E-state index contributed by atoms with van der Waals surface area (Å²) in [6.07, 6.45) is 2.65. The summed E-state index contributed by atoms with van der Waals surface area (Å²) in [5.41, 5.74) is 0. The van der Waals surface area contributed by atoms with Gasteiger partial charge in [0.05, 0.1) is 19.2 Å². The summed E-state index contributed by atoms with van der Waals surface area (Å²) >= 11 is 0. The van der Waals surface area contributed by atoms with Crippen LogP contribution in [-0.4, -0.2) is 122 Å². The van der Waals surface area contributed by atoms with Gasteiger partial charge < -0.3 is 64.6 Å². The average Bonchev–Trinajstić information content (AvgIpc) is 3.27. The van der Waals surface area contributed by atoms with Crippen LogP contribution in [0.15, 0.2) is 24.3 Å². The zero-order chi connectivity index (χ0) is 33.1. The van der Waals surface area contributed by atoms with Gasteiger partial charge in [-0.25, -0.2) is 0 Å². The third kappa shape index (κ3) is 15.2. The van der Waals surface area contributed by atoms with Gasteiger partial charge in [0.1, 0.15) is 43.2 Å². The van der Waals surface area contributed by atoms with Crippen molar-refractivity contribution in [2.45, 2.75) is 133 Å². The molecule has 7 N–H and O–H groups in total. The van der Waals surface area contributed by atoms with Crippen molar-refractivity contribution in [1.29, 1.82) is 0 Å². The number of aliphatic carboxylic acids is 1. The summed E-state index contributed by atoms with van der Waals surface area (Å²) in [5, 5.41) is 79.6. The average molecular weight is 675 g/mol. The Morgan fingerprint density at radius 1 is 0.822 bits per heavy atom. The number of carbonyl (C=O) groups excluding carboxylic acids is 2. The van der Waals surface area contributed by atoms with Gasteiger partial charge in [-0.1, -0.05) is 76.5 Å². The van der Waals surface area contributed by atoms with E-state index >= 15 is 0 Å². The number of carboxylic acid groups (broad SMARTS) is 1. The molecule has 14 nitrogen and oxygen atoms in total. The predicted molar refractivity (Wildman–Crippen MR) is 153 cm³/mol. The van der Waals surface area contributed by atoms with Crippen molar-refractivity contribution >= 4 is 11.9 Å². The van der Waals surface area contributed by atoms with Crippen LogP contribution in [0.3, 0.4) is 0 Å². The van der Waals surface area contributed by atoms with Crippen molar-refractivity contribution in [3.63, 3.8) is 0 Å². The van der Waals surface area contributed by atoms with Crippen molar-refractivity contribution in [1.82, 2.24) is 0 Å². The number of carboxylic acids is 1. The topological polar surface area (TPSA) is 236 Å². The van der Waals surface area contributed by atoms with Crippen LogP contribution >= 0.6 is 0 Å². The van der Waals surface area contributed by atoms with Crippen LogP contribution < -0.4 is 56.5 Å². The Balaban J connectivity index is 0.00000189. The van der Waals surface area contributed by atoms with E-state index in [-0.39, 0.29) is 57.8 Å². The molecule has 0 saturated carbocycles. The van der Waals surface area contributed by atoms with Gasteiger partial charge in [-0.05, 0) is 19.4 Å². The summed E-state index contributed by atoms with van der Waals surface area (Å²) in [6.45, 7) is 1.61. The Hall–Kier alpha value is -0.344. The minimum Gasteiger partial charge on any atom is -0.545 e. The molecule has 0 aromatic carbocycles. The maximum atomic E-state index is 12.5. The van der Waals surface area contributed by atoms with Gasteiger partial charge in [-0.2, -0.15) is 0 Å². The number of hydrogen-bond donors (Lipinski definition) is 7. The fourth-order valence-electron chi connectivity index (χ4n) is 4.80. The maximum absolute atomic E-state index is 12.5. The van der Waals surface area contributed by atoms with Crippen LogP contribution in [0.25, 0.3) is 0 Å². The second-order valence-electron chi connectivity index (χ2n) is 10.8. The first kappa shape index (κ1) is 44.7. The van der Waals surface area contributed by atoms with E-state index in [4.69, 9.17) is 18.9 Å². The molecule has 2 aliphatic heterocycles. The van der Waals surface area contributed by atoms with Gasteiger partial charge >= 0.3 is 57.4 Å². The number of carbonyl (C=O) groups is 2. The smallest absolute Gasteiger partial charge is 0.545 e. The Morgan fingerprint density at radius 2 is 1.40 bits per heavy atom. The fourth-order valence-corrected chi connectivity index (χ4v) is 4.80. The number of esters is 1. The molecule has 0 aromatic rings. The summed E-state index contributed by atoms with van der Waals surface area (Å²) in [6, 6.07) is 0. The van der Waals surface area contributed by atoms with Gasteiger partial charge in [0.2, 0.25) is 5.79 Å². The number of aliphatic hydroxyl groups excluding tert-OH is 7. The maximum Gasteiger partial charge on any atom is 1.00 e. The molecule has 0 aliphatic carbocycles. The molecule has 0 aromatic heterocycles. The molecule has 0 bridgehead atoms.